The summed E-state index contributed by atoms with van der Waals surface area (Å²) >= 11 is 0. The number of nitrogens with zero attached hydrogens (tertiary/aromatic N) is 1. The number of nitrogens with one attached hydrogen (secondary N) is 1. The van der Waals surface area contributed by atoms with E-state index in [0.29, 0.717) is 12.3 Å². The number of aryl methyl sites for hydroxylation is 1. The molecule has 0 saturated heterocycles. The van der Waals surface area contributed by atoms with Crippen LogP contribution in [0.25, 0.3) is 0 Å². The molecule has 0 aromatic heterocycles. The minimum atomic E-state index is -0.470. The van der Waals surface area contributed by atoms with Crippen LogP contribution < -0.4 is 5.32 Å². The van der Waals surface area contributed by atoms with Crippen LogP contribution in [0, 0.1) is 6.92 Å². The molecule has 0 fully saturated rings. The van der Waals surface area contributed by atoms with E-state index in [1.807, 2.05) is 25.1 Å². The minimum absolute atomic E-state index is 0.380. The molecule has 0 spiro atoms. The van der Waals surface area contributed by atoms with Gasteiger partial charge in [-0.3, -0.25) is 0 Å². The largest absolute Gasteiger partial charge is 0.453 e. The Labute approximate surface area is 100 Å². The smallest absolute Gasteiger partial charge is 0.407 e. The second-order valence-corrected chi connectivity index (χ2v) is 3.67. The van der Waals surface area contributed by atoms with Crippen LogP contribution in [0.5, 0.6) is 0 Å². The average Bonchev–Trinajstić information content (AvgIpc) is 2.36. The first-order valence-electron chi connectivity index (χ1n) is 5.19. The van der Waals surface area contributed by atoms with Gasteiger partial charge in [0.2, 0.25) is 0 Å². The minimum Gasteiger partial charge on any atom is -0.453 e. The van der Waals surface area contributed by atoms with Gasteiger partial charge >= 0.3 is 6.09 Å². The molecule has 17 heavy (non-hydrogen) atoms. The van der Waals surface area contributed by atoms with Crippen molar-refractivity contribution in [3.8, 4) is 0 Å². The number of alkyl carbamates (subject to hydrolysis) is 1. The molecule has 1 aromatic rings. The molecule has 0 heterocycles. The van der Waals surface area contributed by atoms with Crippen LogP contribution in [-0.2, 0) is 11.3 Å². The number of hydrogen-bond acceptors (Lipinski definition) is 4. The van der Waals surface area contributed by atoms with E-state index in [2.05, 4.69) is 15.2 Å². The molecule has 0 radical (unpaired) electrons. The highest BCUT2D eigenvalue weighted by atomic mass is 16.5. The van der Waals surface area contributed by atoms with Crippen LogP contribution in [0.15, 0.2) is 23.4 Å². The van der Waals surface area contributed by atoms with Gasteiger partial charge in [-0.05, 0) is 36.6 Å². The maximum absolute atomic E-state index is 11.0. The third-order valence-electron chi connectivity index (χ3n) is 2.53. The molecular weight excluding hydrogens is 220 g/mol. The SMILES string of the molecule is COC(=O)NCc1cc(C(C)=NO)ccc1C. The summed E-state index contributed by atoms with van der Waals surface area (Å²) in [5, 5.41) is 14.5. The van der Waals surface area contributed by atoms with Crippen LogP contribution in [0.3, 0.4) is 0 Å². The van der Waals surface area contributed by atoms with E-state index in [4.69, 9.17) is 5.21 Å². The zero-order valence-corrected chi connectivity index (χ0v) is 10.2. The molecule has 5 nitrogen and oxygen atoms in total. The molecule has 5 heteroatoms. The van der Waals surface area contributed by atoms with Gasteiger partial charge in [-0.15, -0.1) is 0 Å². The van der Waals surface area contributed by atoms with Crippen molar-refractivity contribution < 1.29 is 14.7 Å². The molecule has 0 bridgehead atoms. The summed E-state index contributed by atoms with van der Waals surface area (Å²) in [6.07, 6.45) is -0.470. The van der Waals surface area contributed by atoms with E-state index in [9.17, 15) is 4.79 Å². The lowest BCUT2D eigenvalue weighted by molar-refractivity contribution is 0.170. The lowest BCUT2D eigenvalue weighted by Crippen LogP contribution is -2.22. The molecular formula is C12H16N2O3. The van der Waals surface area contributed by atoms with Gasteiger partial charge in [0.15, 0.2) is 0 Å². The monoisotopic (exact) mass is 236 g/mol. The second kappa shape index (κ2) is 5.89. The fraction of sp³-hybridized carbons (Fsp3) is 0.333. The molecule has 0 atom stereocenters. The number of carbonyl (C=O) groups excluding carboxylic acids is 1. The van der Waals surface area contributed by atoms with Gasteiger partial charge in [0, 0.05) is 6.54 Å². The summed E-state index contributed by atoms with van der Waals surface area (Å²) < 4.78 is 4.50. The lowest BCUT2D eigenvalue weighted by atomic mass is 10.0. The molecule has 0 aliphatic heterocycles. The van der Waals surface area contributed by atoms with Crippen LogP contribution in [0.2, 0.25) is 0 Å². The molecule has 1 aromatic carbocycles. The number of methoxy groups -OCH3 is 1. The molecule has 0 aliphatic rings. The Bertz CT molecular complexity index is 441. The summed E-state index contributed by atoms with van der Waals surface area (Å²) in [6.45, 7) is 4.04. The van der Waals surface area contributed by atoms with E-state index < -0.39 is 6.09 Å². The third kappa shape index (κ3) is 3.48. The fourth-order valence-electron chi connectivity index (χ4n) is 1.38. The summed E-state index contributed by atoms with van der Waals surface area (Å²) in [6, 6.07) is 5.66. The molecule has 1 rings (SSSR count). The van der Waals surface area contributed by atoms with E-state index >= 15 is 0 Å². The number of ether oxygens (including phenoxy) is 1. The summed E-state index contributed by atoms with van der Waals surface area (Å²) in [5.74, 6) is 0. The van der Waals surface area contributed by atoms with Crippen molar-refractivity contribution in [1.82, 2.24) is 5.32 Å². The number of benzene rings is 1. The normalized spacial score (nSPS) is 11.1. The molecule has 1 amide bonds. The average molecular weight is 236 g/mol. The molecule has 0 aliphatic carbocycles. The van der Waals surface area contributed by atoms with Gasteiger partial charge in [0.25, 0.3) is 0 Å². The van der Waals surface area contributed by atoms with Crippen LogP contribution in [-0.4, -0.2) is 24.1 Å². The van der Waals surface area contributed by atoms with Crippen LogP contribution >= 0.6 is 0 Å². The van der Waals surface area contributed by atoms with Gasteiger partial charge in [-0.2, -0.15) is 0 Å². The van der Waals surface area contributed by atoms with Crippen molar-refractivity contribution in [3.05, 3.63) is 34.9 Å². The van der Waals surface area contributed by atoms with E-state index in [1.54, 1.807) is 6.92 Å². The van der Waals surface area contributed by atoms with Gasteiger partial charge in [-0.1, -0.05) is 17.3 Å². The van der Waals surface area contributed by atoms with Gasteiger partial charge in [0.1, 0.15) is 0 Å². The van der Waals surface area contributed by atoms with Crippen LogP contribution in [0.1, 0.15) is 23.6 Å². The van der Waals surface area contributed by atoms with Crippen molar-refractivity contribution in [2.75, 3.05) is 7.11 Å². The van der Waals surface area contributed by atoms with Gasteiger partial charge in [0.05, 0.1) is 12.8 Å². The Morgan fingerprint density at radius 2 is 2.24 bits per heavy atom. The first-order chi connectivity index (χ1) is 8.08. The molecule has 2 N–H and O–H groups in total. The Kier molecular flexibility index (Phi) is 4.51. The predicted octanol–water partition coefficient (Wildman–Crippen LogP) is 2.05. The van der Waals surface area contributed by atoms with Crippen molar-refractivity contribution in [1.29, 1.82) is 0 Å². The highest BCUT2D eigenvalue weighted by Gasteiger charge is 2.05. The van der Waals surface area contributed by atoms with Gasteiger partial charge < -0.3 is 15.3 Å². The number of hydrogen-bond donors (Lipinski definition) is 2. The van der Waals surface area contributed by atoms with E-state index in [1.165, 1.54) is 7.11 Å². The number of rotatable bonds is 3. The summed E-state index contributed by atoms with van der Waals surface area (Å²) in [4.78, 5) is 11.0. The Morgan fingerprint density at radius 3 is 2.82 bits per heavy atom. The van der Waals surface area contributed by atoms with Gasteiger partial charge in [-0.25, -0.2) is 4.79 Å². The fourth-order valence-corrected chi connectivity index (χ4v) is 1.38. The second-order valence-electron chi connectivity index (χ2n) is 3.67. The predicted molar refractivity (Wildman–Crippen MR) is 64.4 cm³/mol. The first kappa shape index (κ1) is 13.0. The van der Waals surface area contributed by atoms with Crippen LogP contribution in [0.4, 0.5) is 4.79 Å². The Hall–Kier alpha value is -2.04. The maximum atomic E-state index is 11.0. The van der Waals surface area contributed by atoms with E-state index in [-0.39, 0.29) is 0 Å². The number of oxime groups is 1. The molecule has 92 valence electrons. The quantitative estimate of drug-likeness (QED) is 0.479. The number of amides is 1. The van der Waals surface area contributed by atoms with Crippen molar-refractivity contribution in [2.45, 2.75) is 20.4 Å². The zero-order chi connectivity index (χ0) is 12.8. The van der Waals surface area contributed by atoms with E-state index in [0.717, 1.165) is 16.7 Å². The summed E-state index contributed by atoms with van der Waals surface area (Å²) in [7, 11) is 1.32. The topological polar surface area (TPSA) is 70.9 Å². The Morgan fingerprint density at radius 1 is 1.53 bits per heavy atom. The highest BCUT2D eigenvalue weighted by molar-refractivity contribution is 5.98. The third-order valence-corrected chi connectivity index (χ3v) is 2.53. The first-order valence-corrected chi connectivity index (χ1v) is 5.19. The standard InChI is InChI=1S/C12H16N2O3/c1-8-4-5-10(9(2)14-16)6-11(8)7-13-12(15)17-3/h4-6,16H,7H2,1-3H3,(H,13,15). The number of carbonyl (C=O) groups is 1. The van der Waals surface area contributed by atoms with Crippen molar-refractivity contribution in [2.24, 2.45) is 5.16 Å². The zero-order valence-electron chi connectivity index (χ0n) is 10.2. The Balaban J connectivity index is 2.87. The van der Waals surface area contributed by atoms with Crippen molar-refractivity contribution >= 4 is 11.8 Å². The highest BCUT2D eigenvalue weighted by Crippen LogP contribution is 2.12. The molecule has 0 saturated carbocycles. The van der Waals surface area contributed by atoms with Crippen molar-refractivity contribution in [3.63, 3.8) is 0 Å². The maximum Gasteiger partial charge on any atom is 0.407 e. The summed E-state index contributed by atoms with van der Waals surface area (Å²) in [5.41, 5.74) is 3.36. The lowest BCUT2D eigenvalue weighted by Gasteiger charge is -2.09. The molecule has 0 unspecified atom stereocenters.